The molecule has 8 heteroatoms. The Bertz CT molecular complexity index is 1150. The molecule has 2 saturated heterocycles. The van der Waals surface area contributed by atoms with E-state index in [0.29, 0.717) is 16.9 Å². The summed E-state index contributed by atoms with van der Waals surface area (Å²) >= 11 is 0. The minimum absolute atomic E-state index is 0.00538. The van der Waals surface area contributed by atoms with E-state index in [-0.39, 0.29) is 36.7 Å². The number of H-pyrrole nitrogens is 1. The largest absolute Gasteiger partial charge is 0.370 e. The number of nitrogens with zero attached hydrogens (tertiary/aromatic N) is 2. The molecule has 0 spiro atoms. The van der Waals surface area contributed by atoms with Crippen LogP contribution in [-0.4, -0.2) is 34.3 Å². The molecule has 0 radical (unpaired) electrons. The zero-order valence-corrected chi connectivity index (χ0v) is 16.2. The van der Waals surface area contributed by atoms with Crippen molar-refractivity contribution in [1.82, 2.24) is 9.97 Å². The number of amides is 3. The molecule has 2 aromatic carbocycles. The van der Waals surface area contributed by atoms with Crippen molar-refractivity contribution in [2.75, 3.05) is 16.8 Å². The summed E-state index contributed by atoms with van der Waals surface area (Å²) in [4.78, 5) is 45.7. The molecule has 0 bridgehead atoms. The molecule has 3 aromatic rings. The van der Waals surface area contributed by atoms with Gasteiger partial charge in [0.15, 0.2) is 0 Å². The van der Waals surface area contributed by atoms with Crippen molar-refractivity contribution in [3.63, 3.8) is 0 Å². The predicted octanol–water partition coefficient (Wildman–Crippen LogP) is 3.32. The minimum Gasteiger partial charge on any atom is -0.370 e. The normalized spacial score (nSPS) is 19.1. The second-order valence-electron chi connectivity index (χ2n) is 7.48. The van der Waals surface area contributed by atoms with Gasteiger partial charge in [-0.3, -0.25) is 19.3 Å². The van der Waals surface area contributed by atoms with Crippen LogP contribution in [0.15, 0.2) is 42.5 Å². The van der Waals surface area contributed by atoms with E-state index in [1.54, 1.807) is 30.3 Å². The van der Waals surface area contributed by atoms with Crippen molar-refractivity contribution in [3.05, 3.63) is 53.9 Å². The lowest BCUT2D eigenvalue weighted by molar-refractivity contribution is -0.121. The van der Waals surface area contributed by atoms with Crippen molar-refractivity contribution >= 4 is 40.1 Å². The van der Waals surface area contributed by atoms with E-state index in [0.717, 1.165) is 41.2 Å². The fourth-order valence-electron chi connectivity index (χ4n) is 3.91. The molecular formula is C22H20N4O4. The molecule has 8 nitrogen and oxygen atoms in total. The number of ether oxygens (including phenoxy) is 1. The first-order valence-corrected chi connectivity index (χ1v) is 9.97. The second-order valence-corrected chi connectivity index (χ2v) is 7.48. The van der Waals surface area contributed by atoms with E-state index in [2.05, 4.69) is 15.3 Å². The standard InChI is InChI=1S/C22H20N4O4/c27-19-8-9-20(28)26(19)15-4-1-3-13(11-15)22(29)23-14-6-7-16-17(12-14)25-21(24-16)18-5-2-10-30-18/h1,3-4,6-7,11-12,18H,2,5,8-10H2,(H,23,29)(H,24,25). The fourth-order valence-corrected chi connectivity index (χ4v) is 3.91. The van der Waals surface area contributed by atoms with Gasteiger partial charge >= 0.3 is 0 Å². The van der Waals surface area contributed by atoms with E-state index in [4.69, 9.17) is 4.74 Å². The molecule has 2 aliphatic rings. The van der Waals surface area contributed by atoms with Gasteiger partial charge in [-0.05, 0) is 49.2 Å². The smallest absolute Gasteiger partial charge is 0.255 e. The number of carbonyl (C=O) groups is 3. The lowest BCUT2D eigenvalue weighted by atomic mass is 10.1. The maximum atomic E-state index is 12.7. The van der Waals surface area contributed by atoms with Gasteiger partial charge in [0.2, 0.25) is 11.8 Å². The highest BCUT2D eigenvalue weighted by molar-refractivity contribution is 6.20. The first-order chi connectivity index (χ1) is 14.6. The third-order valence-electron chi connectivity index (χ3n) is 5.41. The Morgan fingerprint density at radius 1 is 1.13 bits per heavy atom. The summed E-state index contributed by atoms with van der Waals surface area (Å²) in [6.45, 7) is 0.747. The van der Waals surface area contributed by atoms with Gasteiger partial charge < -0.3 is 15.0 Å². The number of carbonyl (C=O) groups excluding carboxylic acids is 3. The highest BCUT2D eigenvalue weighted by atomic mass is 16.5. The van der Waals surface area contributed by atoms with Gasteiger partial charge in [0.1, 0.15) is 11.9 Å². The number of anilines is 2. The molecule has 152 valence electrons. The molecule has 2 fully saturated rings. The monoisotopic (exact) mass is 404 g/mol. The summed E-state index contributed by atoms with van der Waals surface area (Å²) in [5, 5.41) is 2.86. The van der Waals surface area contributed by atoms with Crippen molar-refractivity contribution in [2.45, 2.75) is 31.8 Å². The summed E-state index contributed by atoms with van der Waals surface area (Å²) in [6.07, 6.45) is 2.37. The molecule has 3 heterocycles. The van der Waals surface area contributed by atoms with E-state index in [1.807, 2.05) is 12.1 Å². The molecule has 1 atom stereocenters. The van der Waals surface area contributed by atoms with Gasteiger partial charge in [0.25, 0.3) is 5.91 Å². The van der Waals surface area contributed by atoms with Crippen molar-refractivity contribution in [2.24, 2.45) is 0 Å². The zero-order chi connectivity index (χ0) is 20.7. The lowest BCUT2D eigenvalue weighted by Gasteiger charge is -2.14. The number of fused-ring (bicyclic) bond motifs is 1. The molecule has 0 aliphatic carbocycles. The average Bonchev–Trinajstić information content (AvgIpc) is 3.48. The van der Waals surface area contributed by atoms with Gasteiger partial charge in [-0.15, -0.1) is 0 Å². The molecule has 0 saturated carbocycles. The molecule has 2 aliphatic heterocycles. The molecular weight excluding hydrogens is 384 g/mol. The van der Waals surface area contributed by atoms with E-state index < -0.39 is 0 Å². The zero-order valence-electron chi connectivity index (χ0n) is 16.2. The van der Waals surface area contributed by atoms with E-state index >= 15 is 0 Å². The van der Waals surface area contributed by atoms with Crippen LogP contribution in [0.4, 0.5) is 11.4 Å². The number of nitrogens with one attached hydrogen (secondary N) is 2. The molecule has 3 amide bonds. The van der Waals surface area contributed by atoms with Crippen LogP contribution in [0.3, 0.4) is 0 Å². The number of rotatable bonds is 4. The van der Waals surface area contributed by atoms with Gasteiger partial charge in [-0.25, -0.2) is 4.98 Å². The third-order valence-corrected chi connectivity index (χ3v) is 5.41. The second kappa shape index (κ2) is 7.38. The highest BCUT2D eigenvalue weighted by Gasteiger charge is 2.30. The first kappa shape index (κ1) is 18.5. The number of aromatic amines is 1. The Morgan fingerprint density at radius 2 is 1.97 bits per heavy atom. The van der Waals surface area contributed by atoms with Crippen LogP contribution in [0.1, 0.15) is 48.0 Å². The Kier molecular flexibility index (Phi) is 4.55. The van der Waals surface area contributed by atoms with Gasteiger partial charge in [0, 0.05) is 30.7 Å². The molecule has 5 rings (SSSR count). The lowest BCUT2D eigenvalue weighted by Crippen LogP contribution is -2.28. The fraction of sp³-hybridized carbons (Fsp3) is 0.273. The maximum Gasteiger partial charge on any atom is 0.255 e. The molecule has 30 heavy (non-hydrogen) atoms. The van der Waals surface area contributed by atoms with Crippen molar-refractivity contribution in [1.29, 1.82) is 0 Å². The van der Waals surface area contributed by atoms with Crippen LogP contribution in [-0.2, 0) is 14.3 Å². The van der Waals surface area contributed by atoms with Gasteiger partial charge in [-0.2, -0.15) is 0 Å². The van der Waals surface area contributed by atoms with Crippen LogP contribution >= 0.6 is 0 Å². The Morgan fingerprint density at radius 3 is 2.73 bits per heavy atom. The van der Waals surface area contributed by atoms with Gasteiger partial charge in [-0.1, -0.05) is 6.07 Å². The summed E-state index contributed by atoms with van der Waals surface area (Å²) in [5.74, 6) is -0.0126. The van der Waals surface area contributed by atoms with Crippen LogP contribution in [0.2, 0.25) is 0 Å². The van der Waals surface area contributed by atoms with Crippen molar-refractivity contribution < 1.29 is 19.1 Å². The number of imide groups is 1. The summed E-state index contributed by atoms with van der Waals surface area (Å²) in [7, 11) is 0. The molecule has 1 unspecified atom stereocenters. The SMILES string of the molecule is O=C(Nc1ccc2nc(C3CCCO3)[nH]c2c1)c1cccc(N2C(=O)CCC2=O)c1. The highest BCUT2D eigenvalue weighted by Crippen LogP contribution is 2.29. The summed E-state index contributed by atoms with van der Waals surface area (Å²) in [5.41, 5.74) is 3.03. The Hall–Kier alpha value is -3.52. The molecule has 1 aromatic heterocycles. The van der Waals surface area contributed by atoms with Crippen LogP contribution in [0.25, 0.3) is 11.0 Å². The van der Waals surface area contributed by atoms with Crippen molar-refractivity contribution in [3.8, 4) is 0 Å². The maximum absolute atomic E-state index is 12.7. The third kappa shape index (κ3) is 3.35. The van der Waals surface area contributed by atoms with Gasteiger partial charge in [0.05, 0.1) is 16.7 Å². The number of aromatic nitrogens is 2. The van der Waals surface area contributed by atoms with E-state index in [1.165, 1.54) is 0 Å². The summed E-state index contributed by atoms with van der Waals surface area (Å²) in [6, 6.07) is 12.0. The van der Waals surface area contributed by atoms with Crippen LogP contribution in [0.5, 0.6) is 0 Å². The van der Waals surface area contributed by atoms with Crippen LogP contribution < -0.4 is 10.2 Å². The number of hydrogen-bond acceptors (Lipinski definition) is 5. The number of imidazole rings is 1. The minimum atomic E-state index is -0.325. The van der Waals surface area contributed by atoms with E-state index in [9.17, 15) is 14.4 Å². The molecule has 2 N–H and O–H groups in total. The predicted molar refractivity (Wildman–Crippen MR) is 110 cm³/mol. The number of hydrogen-bond donors (Lipinski definition) is 2. The Balaban J connectivity index is 1.36. The topological polar surface area (TPSA) is 104 Å². The first-order valence-electron chi connectivity index (χ1n) is 9.97. The quantitative estimate of drug-likeness (QED) is 0.649. The average molecular weight is 404 g/mol. The number of benzene rings is 2. The van der Waals surface area contributed by atoms with Crippen LogP contribution in [0, 0.1) is 0 Å². The Labute approximate surface area is 172 Å². The summed E-state index contributed by atoms with van der Waals surface area (Å²) < 4.78 is 5.67.